The minimum atomic E-state index is -0.309. The summed E-state index contributed by atoms with van der Waals surface area (Å²) in [5, 5.41) is 15.0. The molecule has 23 heavy (non-hydrogen) atoms. The molecule has 0 aliphatic rings. The lowest BCUT2D eigenvalue weighted by atomic mass is 10.1. The van der Waals surface area contributed by atoms with Crippen LogP contribution in [0.15, 0.2) is 18.2 Å². The molecule has 2 N–H and O–H groups in total. The third-order valence-corrected chi connectivity index (χ3v) is 4.39. The summed E-state index contributed by atoms with van der Waals surface area (Å²) in [6.45, 7) is 7.07. The van der Waals surface area contributed by atoms with Gasteiger partial charge in [-0.15, -0.1) is 10.2 Å². The van der Waals surface area contributed by atoms with Gasteiger partial charge in [0.05, 0.1) is 0 Å². The number of hydrogen-bond acceptors (Lipinski definition) is 5. The van der Waals surface area contributed by atoms with Crippen molar-refractivity contribution in [2.45, 2.75) is 33.6 Å². The van der Waals surface area contributed by atoms with Gasteiger partial charge in [0.25, 0.3) is 0 Å². The highest BCUT2D eigenvalue weighted by Crippen LogP contribution is 2.23. The molecule has 0 aliphatic carbocycles. The van der Waals surface area contributed by atoms with Gasteiger partial charge in [-0.2, -0.15) is 0 Å². The van der Waals surface area contributed by atoms with E-state index in [1.165, 1.54) is 11.3 Å². The monoisotopic (exact) mass is 333 g/mol. The maximum absolute atomic E-state index is 12.1. The van der Waals surface area contributed by atoms with Gasteiger partial charge in [0, 0.05) is 19.3 Å². The SMILES string of the molecule is CCCCN(C)c1nnc(NC(=O)Nc2ccc(C)cc2C)s1. The number of carbonyl (C=O) groups is 1. The first kappa shape index (κ1) is 17.2. The molecule has 0 saturated heterocycles. The standard InChI is InChI=1S/C16H23N5OS/c1-5-6-9-21(4)16-20-19-15(23-16)18-14(22)17-13-8-7-11(2)10-12(13)3/h7-8,10H,5-6,9H2,1-4H3,(H2,17,18,19,22). The molecule has 6 nitrogen and oxygen atoms in total. The van der Waals surface area contributed by atoms with E-state index in [4.69, 9.17) is 0 Å². The van der Waals surface area contributed by atoms with Crippen LogP contribution in [0, 0.1) is 13.8 Å². The third kappa shape index (κ3) is 4.92. The number of urea groups is 1. The maximum Gasteiger partial charge on any atom is 0.325 e. The van der Waals surface area contributed by atoms with E-state index in [0.29, 0.717) is 5.13 Å². The molecule has 1 aromatic heterocycles. The van der Waals surface area contributed by atoms with Crippen LogP contribution in [0.2, 0.25) is 0 Å². The Morgan fingerprint density at radius 1 is 1.26 bits per heavy atom. The second-order valence-electron chi connectivity index (χ2n) is 5.56. The van der Waals surface area contributed by atoms with Crippen molar-refractivity contribution in [3.63, 3.8) is 0 Å². The summed E-state index contributed by atoms with van der Waals surface area (Å²) in [7, 11) is 1.98. The highest BCUT2D eigenvalue weighted by atomic mass is 32.1. The summed E-state index contributed by atoms with van der Waals surface area (Å²) in [6, 6.07) is 5.58. The van der Waals surface area contributed by atoms with Crippen molar-refractivity contribution in [3.05, 3.63) is 29.3 Å². The molecule has 124 valence electrons. The Bertz CT molecular complexity index is 670. The van der Waals surface area contributed by atoms with Crippen LogP contribution in [-0.4, -0.2) is 29.8 Å². The lowest BCUT2D eigenvalue weighted by Crippen LogP contribution is -2.19. The minimum absolute atomic E-state index is 0.309. The molecule has 0 aliphatic heterocycles. The van der Waals surface area contributed by atoms with E-state index >= 15 is 0 Å². The van der Waals surface area contributed by atoms with Crippen LogP contribution >= 0.6 is 11.3 Å². The second-order valence-corrected chi connectivity index (χ2v) is 6.52. The van der Waals surface area contributed by atoms with Crippen LogP contribution in [0.5, 0.6) is 0 Å². The molecule has 0 saturated carbocycles. The normalized spacial score (nSPS) is 10.4. The van der Waals surface area contributed by atoms with Gasteiger partial charge in [-0.3, -0.25) is 5.32 Å². The molecule has 1 heterocycles. The number of anilines is 3. The summed E-state index contributed by atoms with van der Waals surface area (Å²) < 4.78 is 0. The molecular weight excluding hydrogens is 310 g/mol. The zero-order valence-corrected chi connectivity index (χ0v) is 14.8. The number of rotatable bonds is 6. The molecule has 7 heteroatoms. The Hall–Kier alpha value is -2.15. The lowest BCUT2D eigenvalue weighted by molar-refractivity contribution is 0.262. The van der Waals surface area contributed by atoms with Gasteiger partial charge in [0.2, 0.25) is 10.3 Å². The first-order chi connectivity index (χ1) is 11.0. The van der Waals surface area contributed by atoms with Crippen LogP contribution in [-0.2, 0) is 0 Å². The fraction of sp³-hybridized carbons (Fsp3) is 0.438. The molecule has 2 aromatic rings. The predicted octanol–water partition coefficient (Wildman–Crippen LogP) is 4.04. The number of nitrogens with one attached hydrogen (secondary N) is 2. The molecule has 0 spiro atoms. The summed E-state index contributed by atoms with van der Waals surface area (Å²) in [5.74, 6) is 0. The molecule has 0 bridgehead atoms. The highest BCUT2D eigenvalue weighted by molar-refractivity contribution is 7.19. The molecule has 0 fully saturated rings. The van der Waals surface area contributed by atoms with Gasteiger partial charge in [-0.05, 0) is 31.9 Å². The summed E-state index contributed by atoms with van der Waals surface area (Å²) in [4.78, 5) is 14.1. The smallest absolute Gasteiger partial charge is 0.325 e. The Labute approximate surface area is 140 Å². The fourth-order valence-electron chi connectivity index (χ4n) is 2.12. The molecule has 1 aromatic carbocycles. The van der Waals surface area contributed by atoms with Gasteiger partial charge >= 0.3 is 6.03 Å². The lowest BCUT2D eigenvalue weighted by Gasteiger charge is -2.13. The first-order valence-corrected chi connectivity index (χ1v) is 8.51. The van der Waals surface area contributed by atoms with Crippen molar-refractivity contribution in [1.82, 2.24) is 10.2 Å². The van der Waals surface area contributed by atoms with Crippen LogP contribution in [0.1, 0.15) is 30.9 Å². The van der Waals surface area contributed by atoms with Crippen molar-refractivity contribution in [2.75, 3.05) is 29.1 Å². The zero-order valence-electron chi connectivity index (χ0n) is 14.0. The number of amides is 2. The van der Waals surface area contributed by atoms with Gasteiger partial charge in [0.15, 0.2) is 0 Å². The van der Waals surface area contributed by atoms with Gasteiger partial charge in [-0.25, -0.2) is 4.79 Å². The summed E-state index contributed by atoms with van der Waals surface area (Å²) in [6.07, 6.45) is 2.23. The summed E-state index contributed by atoms with van der Waals surface area (Å²) >= 11 is 1.37. The van der Waals surface area contributed by atoms with E-state index in [-0.39, 0.29) is 6.03 Å². The van der Waals surface area contributed by atoms with Crippen LogP contribution in [0.25, 0.3) is 0 Å². The molecule has 0 atom stereocenters. The van der Waals surface area contributed by atoms with E-state index in [0.717, 1.165) is 41.3 Å². The fourth-order valence-corrected chi connectivity index (χ4v) is 2.84. The van der Waals surface area contributed by atoms with Gasteiger partial charge < -0.3 is 10.2 Å². The van der Waals surface area contributed by atoms with Crippen molar-refractivity contribution >= 4 is 33.3 Å². The number of unbranched alkanes of at least 4 members (excludes halogenated alkanes) is 1. The van der Waals surface area contributed by atoms with E-state index < -0.39 is 0 Å². The zero-order chi connectivity index (χ0) is 16.8. The second kappa shape index (κ2) is 7.92. The number of nitrogens with zero attached hydrogens (tertiary/aromatic N) is 3. The largest absolute Gasteiger partial charge is 0.350 e. The quantitative estimate of drug-likeness (QED) is 0.837. The molecule has 2 amide bonds. The van der Waals surface area contributed by atoms with Crippen LogP contribution < -0.4 is 15.5 Å². The van der Waals surface area contributed by atoms with Gasteiger partial charge in [0.1, 0.15) is 0 Å². The van der Waals surface area contributed by atoms with Crippen molar-refractivity contribution in [2.24, 2.45) is 0 Å². The van der Waals surface area contributed by atoms with E-state index in [1.807, 2.05) is 44.0 Å². The highest BCUT2D eigenvalue weighted by Gasteiger charge is 2.11. The van der Waals surface area contributed by atoms with Crippen LogP contribution in [0.4, 0.5) is 20.7 Å². The van der Waals surface area contributed by atoms with Crippen molar-refractivity contribution in [3.8, 4) is 0 Å². The number of hydrogen-bond donors (Lipinski definition) is 2. The average molecular weight is 333 g/mol. The van der Waals surface area contributed by atoms with E-state index in [1.54, 1.807) is 0 Å². The summed E-state index contributed by atoms with van der Waals surface area (Å²) in [5.41, 5.74) is 2.98. The Morgan fingerprint density at radius 3 is 2.74 bits per heavy atom. The molecule has 0 unspecified atom stereocenters. The third-order valence-electron chi connectivity index (χ3n) is 3.44. The van der Waals surface area contributed by atoms with Crippen LogP contribution in [0.3, 0.4) is 0 Å². The van der Waals surface area contributed by atoms with Crippen molar-refractivity contribution < 1.29 is 4.79 Å². The average Bonchev–Trinajstić information content (AvgIpc) is 2.96. The topological polar surface area (TPSA) is 70.2 Å². The number of carbonyl (C=O) groups excluding carboxylic acids is 1. The molecular formula is C16H23N5OS. The molecule has 2 rings (SSSR count). The first-order valence-electron chi connectivity index (χ1n) is 7.69. The number of aromatic nitrogens is 2. The number of aryl methyl sites for hydroxylation is 2. The maximum atomic E-state index is 12.1. The minimum Gasteiger partial charge on any atom is -0.350 e. The Kier molecular flexibility index (Phi) is 5.92. The van der Waals surface area contributed by atoms with E-state index in [9.17, 15) is 4.79 Å². The number of benzene rings is 1. The van der Waals surface area contributed by atoms with E-state index in [2.05, 4.69) is 27.8 Å². The Morgan fingerprint density at radius 2 is 2.04 bits per heavy atom. The molecule has 0 radical (unpaired) electrons. The predicted molar refractivity (Wildman–Crippen MR) is 96.6 cm³/mol. The van der Waals surface area contributed by atoms with Crippen molar-refractivity contribution in [1.29, 1.82) is 0 Å². The van der Waals surface area contributed by atoms with Gasteiger partial charge in [-0.1, -0.05) is 42.4 Å². The Balaban J connectivity index is 1.94.